The summed E-state index contributed by atoms with van der Waals surface area (Å²) in [7, 11) is 0. The molecule has 3 heterocycles. The van der Waals surface area contributed by atoms with Gasteiger partial charge < -0.3 is 9.64 Å². The second-order valence-electron chi connectivity index (χ2n) is 4.83. The Morgan fingerprint density at radius 1 is 1.50 bits per heavy atom. The van der Waals surface area contributed by atoms with E-state index in [0.29, 0.717) is 26.2 Å². The van der Waals surface area contributed by atoms with E-state index >= 15 is 0 Å². The first-order valence-electron chi connectivity index (χ1n) is 6.69. The number of ether oxygens (including phenoxy) is 1. The molecule has 1 aliphatic rings. The maximum absolute atomic E-state index is 8.68. The summed E-state index contributed by atoms with van der Waals surface area (Å²) in [6.07, 6.45) is 3.76. The quantitative estimate of drug-likeness (QED) is 0.828. The van der Waals surface area contributed by atoms with Gasteiger partial charge in [-0.25, -0.2) is 14.6 Å². The number of nitriles is 1. The van der Waals surface area contributed by atoms with Crippen LogP contribution in [-0.2, 0) is 11.3 Å². The minimum absolute atomic E-state index is 0.282. The van der Waals surface area contributed by atoms with E-state index in [1.807, 2.05) is 0 Å². The first-order chi connectivity index (χ1) is 9.81. The van der Waals surface area contributed by atoms with Gasteiger partial charge in [-0.1, -0.05) is 0 Å². The molecular formula is C13H16N6O. The van der Waals surface area contributed by atoms with Crippen molar-refractivity contribution in [1.29, 1.82) is 5.26 Å². The molecule has 1 fully saturated rings. The molecule has 0 bridgehead atoms. The monoisotopic (exact) mass is 272 g/mol. The second kappa shape index (κ2) is 5.43. The average Bonchev–Trinajstić information content (AvgIpc) is 2.89. The molecule has 0 N–H and O–H groups in total. The number of hydrogen-bond acceptors (Lipinski definition) is 6. The zero-order valence-electron chi connectivity index (χ0n) is 11.4. The Labute approximate surface area is 116 Å². The van der Waals surface area contributed by atoms with Crippen LogP contribution in [-0.4, -0.2) is 45.5 Å². The van der Waals surface area contributed by atoms with Crippen molar-refractivity contribution in [2.75, 3.05) is 24.7 Å². The number of rotatable bonds is 3. The normalized spacial score (nSPS) is 19.2. The zero-order valence-corrected chi connectivity index (χ0v) is 11.4. The summed E-state index contributed by atoms with van der Waals surface area (Å²) < 4.78 is 7.22. The maximum atomic E-state index is 8.68. The highest BCUT2D eigenvalue weighted by molar-refractivity contribution is 5.86. The van der Waals surface area contributed by atoms with Gasteiger partial charge in [-0.15, -0.1) is 0 Å². The highest BCUT2D eigenvalue weighted by Gasteiger charge is 2.23. The van der Waals surface area contributed by atoms with Gasteiger partial charge >= 0.3 is 0 Å². The molecule has 0 unspecified atom stereocenters. The summed E-state index contributed by atoms with van der Waals surface area (Å²) in [5.41, 5.74) is 0.781. The van der Waals surface area contributed by atoms with E-state index in [1.54, 1.807) is 17.2 Å². The van der Waals surface area contributed by atoms with Crippen LogP contribution in [0.3, 0.4) is 0 Å². The molecule has 0 aliphatic carbocycles. The van der Waals surface area contributed by atoms with E-state index in [0.717, 1.165) is 23.4 Å². The lowest BCUT2D eigenvalue weighted by Gasteiger charge is -2.34. The van der Waals surface area contributed by atoms with Gasteiger partial charge in [0.2, 0.25) is 0 Å². The lowest BCUT2D eigenvalue weighted by molar-refractivity contribution is 0.0987. The Balaban J connectivity index is 1.99. The van der Waals surface area contributed by atoms with Crippen LogP contribution in [0.15, 0.2) is 12.5 Å². The van der Waals surface area contributed by atoms with Crippen LogP contribution in [0.1, 0.15) is 13.3 Å². The number of hydrogen-bond donors (Lipinski definition) is 0. The van der Waals surface area contributed by atoms with Crippen molar-refractivity contribution in [3.63, 3.8) is 0 Å². The van der Waals surface area contributed by atoms with Crippen molar-refractivity contribution in [3.05, 3.63) is 12.5 Å². The molecule has 7 nitrogen and oxygen atoms in total. The third kappa shape index (κ3) is 2.18. The maximum Gasteiger partial charge on any atom is 0.163 e. The Morgan fingerprint density at radius 2 is 2.40 bits per heavy atom. The standard InChI is InChI=1S/C13H16N6O/c1-10-8-20-6-5-18(10)12-11-7-17-19(4-2-3-14)13(11)16-9-15-12/h7,9-10H,2,4-6,8H2,1H3/t10-/m1/s1. The fraction of sp³-hybridized carbons (Fsp3) is 0.538. The zero-order chi connectivity index (χ0) is 13.9. The van der Waals surface area contributed by atoms with E-state index in [2.05, 4.69) is 33.0 Å². The van der Waals surface area contributed by atoms with Gasteiger partial charge in [0.1, 0.15) is 12.1 Å². The van der Waals surface area contributed by atoms with E-state index in [-0.39, 0.29) is 6.04 Å². The number of morpholine rings is 1. The first kappa shape index (κ1) is 12.8. The fourth-order valence-corrected chi connectivity index (χ4v) is 2.47. The smallest absolute Gasteiger partial charge is 0.163 e. The van der Waals surface area contributed by atoms with Gasteiger partial charge in [-0.3, -0.25) is 0 Å². The minimum Gasteiger partial charge on any atom is -0.377 e. The molecule has 2 aromatic rings. The van der Waals surface area contributed by atoms with Crippen LogP contribution >= 0.6 is 0 Å². The molecule has 104 valence electrons. The van der Waals surface area contributed by atoms with E-state index in [4.69, 9.17) is 10.00 Å². The van der Waals surface area contributed by atoms with Crippen molar-refractivity contribution in [2.24, 2.45) is 0 Å². The highest BCUT2D eigenvalue weighted by atomic mass is 16.5. The molecule has 0 saturated carbocycles. The number of aromatic nitrogens is 4. The Kier molecular flexibility index (Phi) is 3.48. The second-order valence-corrected chi connectivity index (χ2v) is 4.83. The van der Waals surface area contributed by atoms with Gasteiger partial charge in [0.25, 0.3) is 0 Å². The molecule has 1 atom stereocenters. The number of fused-ring (bicyclic) bond motifs is 1. The van der Waals surface area contributed by atoms with Crippen LogP contribution in [0.2, 0.25) is 0 Å². The van der Waals surface area contributed by atoms with E-state index in [1.165, 1.54) is 0 Å². The molecule has 1 aliphatic heterocycles. The molecule has 3 rings (SSSR count). The summed E-state index contributed by atoms with van der Waals surface area (Å²) in [6.45, 7) is 4.89. The third-order valence-electron chi connectivity index (χ3n) is 3.49. The van der Waals surface area contributed by atoms with Crippen molar-refractivity contribution in [3.8, 4) is 6.07 Å². The van der Waals surface area contributed by atoms with Gasteiger partial charge in [0.15, 0.2) is 5.65 Å². The summed E-state index contributed by atoms with van der Waals surface area (Å²) in [4.78, 5) is 10.9. The van der Waals surface area contributed by atoms with Gasteiger partial charge in [0, 0.05) is 6.54 Å². The molecular weight excluding hydrogens is 256 g/mol. The van der Waals surface area contributed by atoms with Crippen LogP contribution in [0.25, 0.3) is 11.0 Å². The number of aryl methyl sites for hydroxylation is 1. The third-order valence-corrected chi connectivity index (χ3v) is 3.49. The van der Waals surface area contributed by atoms with Gasteiger partial charge in [0.05, 0.1) is 49.9 Å². The number of nitrogens with zero attached hydrogens (tertiary/aromatic N) is 6. The summed E-state index contributed by atoms with van der Waals surface area (Å²) in [6, 6.07) is 2.41. The largest absolute Gasteiger partial charge is 0.377 e. The van der Waals surface area contributed by atoms with Crippen molar-refractivity contribution >= 4 is 16.9 Å². The predicted molar refractivity (Wildman–Crippen MR) is 73.2 cm³/mol. The van der Waals surface area contributed by atoms with Crippen LogP contribution in [0.5, 0.6) is 0 Å². The topological polar surface area (TPSA) is 79.9 Å². The first-order valence-corrected chi connectivity index (χ1v) is 6.69. The fourth-order valence-electron chi connectivity index (χ4n) is 2.47. The van der Waals surface area contributed by atoms with Crippen molar-refractivity contribution in [2.45, 2.75) is 25.9 Å². The molecule has 20 heavy (non-hydrogen) atoms. The summed E-state index contributed by atoms with van der Waals surface area (Å²) in [5.74, 6) is 0.897. The minimum atomic E-state index is 0.282. The number of anilines is 1. The Morgan fingerprint density at radius 3 is 3.20 bits per heavy atom. The van der Waals surface area contributed by atoms with Crippen LogP contribution in [0.4, 0.5) is 5.82 Å². The van der Waals surface area contributed by atoms with Crippen LogP contribution in [0, 0.1) is 11.3 Å². The SMILES string of the molecule is C[C@@H]1COCCN1c1ncnc2c1cnn2CCC#N. The lowest BCUT2D eigenvalue weighted by atomic mass is 10.2. The Hall–Kier alpha value is -2.20. The molecule has 0 spiro atoms. The van der Waals surface area contributed by atoms with Crippen LogP contribution < -0.4 is 4.90 Å². The average molecular weight is 272 g/mol. The van der Waals surface area contributed by atoms with Gasteiger partial charge in [-0.05, 0) is 6.92 Å². The predicted octanol–water partition coefficient (Wildman–Crippen LogP) is 0.965. The molecule has 0 radical (unpaired) electrons. The summed E-state index contributed by atoms with van der Waals surface area (Å²) in [5, 5.41) is 13.9. The highest BCUT2D eigenvalue weighted by Crippen LogP contribution is 2.25. The molecule has 2 aromatic heterocycles. The molecule has 1 saturated heterocycles. The molecule has 0 aromatic carbocycles. The van der Waals surface area contributed by atoms with Crippen molar-refractivity contribution in [1.82, 2.24) is 19.7 Å². The molecule has 7 heteroatoms. The Bertz CT molecular complexity index is 646. The molecule has 0 amide bonds. The van der Waals surface area contributed by atoms with E-state index < -0.39 is 0 Å². The van der Waals surface area contributed by atoms with Crippen molar-refractivity contribution < 1.29 is 4.74 Å². The summed E-state index contributed by atoms with van der Waals surface area (Å²) >= 11 is 0. The van der Waals surface area contributed by atoms with E-state index in [9.17, 15) is 0 Å². The van der Waals surface area contributed by atoms with Gasteiger partial charge in [-0.2, -0.15) is 10.4 Å². The lowest BCUT2D eigenvalue weighted by Crippen LogP contribution is -2.44.